The third kappa shape index (κ3) is 4.31. The van der Waals surface area contributed by atoms with E-state index in [1.54, 1.807) is 0 Å². The number of rotatable bonds is 5. The minimum Gasteiger partial charge on any atom is -0.396 e. The van der Waals surface area contributed by atoms with E-state index in [-0.39, 0.29) is 12.5 Å². The molecule has 4 heteroatoms. The number of piperidine rings is 1. The molecule has 1 unspecified atom stereocenters. The molecule has 2 rings (SSSR count). The molecule has 0 aromatic heterocycles. The minimum atomic E-state index is 0.0416. The van der Waals surface area contributed by atoms with Crippen LogP contribution >= 0.6 is 0 Å². The molecule has 1 atom stereocenters. The van der Waals surface area contributed by atoms with Crippen molar-refractivity contribution in [3.8, 4) is 0 Å². The van der Waals surface area contributed by atoms with Crippen molar-refractivity contribution in [1.82, 2.24) is 4.90 Å². The SMILES string of the molecule is Cc1cc(C)c(NC(=O)CN2CCCCC2CCO)c(C)c1. The second-order valence-electron chi connectivity index (χ2n) is 6.45. The number of nitrogens with one attached hydrogen (secondary N) is 1. The van der Waals surface area contributed by atoms with Crippen LogP contribution in [0.5, 0.6) is 0 Å². The predicted octanol–water partition coefficient (Wildman–Crippen LogP) is 2.79. The highest BCUT2D eigenvalue weighted by atomic mass is 16.3. The van der Waals surface area contributed by atoms with Crippen LogP contribution in [0.2, 0.25) is 0 Å². The summed E-state index contributed by atoms with van der Waals surface area (Å²) in [5.41, 5.74) is 4.37. The van der Waals surface area contributed by atoms with Crippen LogP contribution in [0, 0.1) is 20.8 Å². The first-order valence-electron chi connectivity index (χ1n) is 8.24. The monoisotopic (exact) mass is 304 g/mol. The highest BCUT2D eigenvalue weighted by molar-refractivity contribution is 5.93. The van der Waals surface area contributed by atoms with Gasteiger partial charge in [-0.15, -0.1) is 0 Å². The first-order valence-corrected chi connectivity index (χ1v) is 8.24. The first-order chi connectivity index (χ1) is 10.5. The Balaban J connectivity index is 2.00. The highest BCUT2D eigenvalue weighted by Gasteiger charge is 2.24. The van der Waals surface area contributed by atoms with Crippen molar-refractivity contribution in [2.45, 2.75) is 52.5 Å². The number of aliphatic hydroxyl groups is 1. The van der Waals surface area contributed by atoms with E-state index in [9.17, 15) is 9.90 Å². The minimum absolute atomic E-state index is 0.0416. The molecule has 0 radical (unpaired) electrons. The van der Waals surface area contributed by atoms with Crippen LogP contribution < -0.4 is 5.32 Å². The van der Waals surface area contributed by atoms with Gasteiger partial charge in [-0.1, -0.05) is 24.1 Å². The molecule has 1 aromatic rings. The standard InChI is InChI=1S/C18H28N2O2/c1-13-10-14(2)18(15(3)11-13)19-17(22)12-20-8-5-4-6-16(20)7-9-21/h10-11,16,21H,4-9,12H2,1-3H3,(H,19,22). The van der Waals surface area contributed by atoms with Gasteiger partial charge in [0.15, 0.2) is 0 Å². The van der Waals surface area contributed by atoms with E-state index in [2.05, 4.69) is 29.3 Å². The topological polar surface area (TPSA) is 52.6 Å². The van der Waals surface area contributed by atoms with E-state index in [4.69, 9.17) is 0 Å². The Morgan fingerprint density at radius 3 is 2.59 bits per heavy atom. The summed E-state index contributed by atoms with van der Waals surface area (Å²) < 4.78 is 0. The van der Waals surface area contributed by atoms with E-state index in [0.29, 0.717) is 12.6 Å². The molecule has 1 aliphatic heterocycles. The fourth-order valence-corrected chi connectivity index (χ4v) is 3.48. The van der Waals surface area contributed by atoms with Gasteiger partial charge in [-0.2, -0.15) is 0 Å². The van der Waals surface area contributed by atoms with Gasteiger partial charge in [-0.3, -0.25) is 9.69 Å². The summed E-state index contributed by atoms with van der Waals surface area (Å²) >= 11 is 0. The van der Waals surface area contributed by atoms with E-state index < -0.39 is 0 Å². The molecule has 0 saturated carbocycles. The molecule has 0 aliphatic carbocycles. The molecule has 1 aliphatic rings. The van der Waals surface area contributed by atoms with E-state index >= 15 is 0 Å². The van der Waals surface area contributed by atoms with Crippen LogP contribution in [0.3, 0.4) is 0 Å². The molecule has 22 heavy (non-hydrogen) atoms. The fourth-order valence-electron chi connectivity index (χ4n) is 3.48. The lowest BCUT2D eigenvalue weighted by atomic mass is 9.99. The van der Waals surface area contributed by atoms with Crippen LogP contribution in [0.1, 0.15) is 42.4 Å². The first kappa shape index (κ1) is 17.0. The van der Waals surface area contributed by atoms with Crippen LogP contribution in [0.25, 0.3) is 0 Å². The lowest BCUT2D eigenvalue weighted by Gasteiger charge is -2.35. The van der Waals surface area contributed by atoms with Crippen LogP contribution in [-0.2, 0) is 4.79 Å². The van der Waals surface area contributed by atoms with Gasteiger partial charge in [0.25, 0.3) is 0 Å². The quantitative estimate of drug-likeness (QED) is 0.879. The summed E-state index contributed by atoms with van der Waals surface area (Å²) in [6.07, 6.45) is 4.17. The number of hydrogen-bond acceptors (Lipinski definition) is 3. The van der Waals surface area contributed by atoms with Crippen LogP contribution in [-0.4, -0.2) is 41.7 Å². The normalized spacial score (nSPS) is 19.2. The Labute approximate surface area is 133 Å². The zero-order chi connectivity index (χ0) is 16.1. The lowest BCUT2D eigenvalue weighted by molar-refractivity contribution is -0.118. The van der Waals surface area contributed by atoms with Crippen molar-refractivity contribution in [3.63, 3.8) is 0 Å². The van der Waals surface area contributed by atoms with Gasteiger partial charge in [-0.25, -0.2) is 0 Å². The van der Waals surface area contributed by atoms with Crippen molar-refractivity contribution in [1.29, 1.82) is 0 Å². The molecular weight excluding hydrogens is 276 g/mol. The highest BCUT2D eigenvalue weighted by Crippen LogP contribution is 2.23. The van der Waals surface area contributed by atoms with E-state index in [1.807, 2.05) is 13.8 Å². The number of aryl methyl sites for hydroxylation is 3. The van der Waals surface area contributed by atoms with Gasteiger partial charge in [0.2, 0.25) is 5.91 Å². The molecule has 1 saturated heterocycles. The number of likely N-dealkylation sites (tertiary alicyclic amines) is 1. The number of carbonyl (C=O) groups excluding carboxylic acids is 1. The van der Waals surface area contributed by atoms with Crippen molar-refractivity contribution in [3.05, 3.63) is 28.8 Å². The smallest absolute Gasteiger partial charge is 0.238 e. The number of amides is 1. The second kappa shape index (κ2) is 7.75. The molecular formula is C18H28N2O2. The Kier molecular flexibility index (Phi) is 5.98. The molecule has 1 amide bonds. The zero-order valence-corrected chi connectivity index (χ0v) is 14.0. The van der Waals surface area contributed by atoms with Crippen molar-refractivity contribution in [2.75, 3.05) is 25.0 Å². The zero-order valence-electron chi connectivity index (χ0n) is 14.0. The van der Waals surface area contributed by atoms with E-state index in [1.165, 1.54) is 12.0 Å². The maximum atomic E-state index is 12.4. The summed E-state index contributed by atoms with van der Waals surface area (Å²) in [5, 5.41) is 12.2. The summed E-state index contributed by atoms with van der Waals surface area (Å²) in [5.74, 6) is 0.0416. The maximum absolute atomic E-state index is 12.4. The van der Waals surface area contributed by atoms with Crippen LogP contribution in [0.15, 0.2) is 12.1 Å². The summed E-state index contributed by atoms with van der Waals surface area (Å²) in [6.45, 7) is 7.69. The Morgan fingerprint density at radius 2 is 1.95 bits per heavy atom. The average molecular weight is 304 g/mol. The Morgan fingerprint density at radius 1 is 1.27 bits per heavy atom. The number of hydrogen-bond donors (Lipinski definition) is 2. The molecule has 0 spiro atoms. The average Bonchev–Trinajstić information content (AvgIpc) is 2.45. The third-order valence-electron chi connectivity index (χ3n) is 4.50. The van der Waals surface area contributed by atoms with Crippen LogP contribution in [0.4, 0.5) is 5.69 Å². The third-order valence-corrected chi connectivity index (χ3v) is 4.50. The van der Waals surface area contributed by atoms with Gasteiger partial charge in [-0.05, 0) is 57.7 Å². The molecule has 0 bridgehead atoms. The van der Waals surface area contributed by atoms with Gasteiger partial charge >= 0.3 is 0 Å². The molecule has 1 fully saturated rings. The largest absolute Gasteiger partial charge is 0.396 e. The summed E-state index contributed by atoms with van der Waals surface area (Å²) in [6, 6.07) is 4.53. The van der Waals surface area contributed by atoms with Crippen molar-refractivity contribution in [2.24, 2.45) is 0 Å². The number of carbonyl (C=O) groups is 1. The van der Waals surface area contributed by atoms with Gasteiger partial charge in [0.1, 0.15) is 0 Å². The van der Waals surface area contributed by atoms with Crippen molar-refractivity contribution >= 4 is 11.6 Å². The Bertz CT molecular complexity index is 503. The number of benzene rings is 1. The molecule has 122 valence electrons. The van der Waals surface area contributed by atoms with Gasteiger partial charge in [0, 0.05) is 18.3 Å². The summed E-state index contributed by atoms with van der Waals surface area (Å²) in [4.78, 5) is 14.6. The second-order valence-corrected chi connectivity index (χ2v) is 6.45. The van der Waals surface area contributed by atoms with Gasteiger partial charge in [0.05, 0.1) is 6.54 Å². The molecule has 1 heterocycles. The summed E-state index contributed by atoms with van der Waals surface area (Å²) in [7, 11) is 0. The van der Waals surface area contributed by atoms with Crippen molar-refractivity contribution < 1.29 is 9.90 Å². The van der Waals surface area contributed by atoms with E-state index in [0.717, 1.165) is 42.6 Å². The lowest BCUT2D eigenvalue weighted by Crippen LogP contribution is -2.44. The molecule has 1 aromatic carbocycles. The fraction of sp³-hybridized carbons (Fsp3) is 0.611. The predicted molar refractivity (Wildman–Crippen MR) is 90.2 cm³/mol. The van der Waals surface area contributed by atoms with Gasteiger partial charge < -0.3 is 10.4 Å². The Hall–Kier alpha value is -1.39. The number of anilines is 1. The maximum Gasteiger partial charge on any atom is 0.238 e. The molecule has 2 N–H and O–H groups in total. The number of nitrogens with zero attached hydrogens (tertiary/aromatic N) is 1. The molecule has 4 nitrogen and oxygen atoms in total. The number of aliphatic hydroxyl groups excluding tert-OH is 1.